The summed E-state index contributed by atoms with van der Waals surface area (Å²) < 4.78 is 6.22. The number of hydrogen-bond donors (Lipinski definition) is 0. The van der Waals surface area contributed by atoms with Crippen molar-refractivity contribution in [1.29, 1.82) is 0 Å². The summed E-state index contributed by atoms with van der Waals surface area (Å²) in [6, 6.07) is 12.1. The number of Topliss-reactive ketones (excluding diaryl/α,β-unsaturated/α-hetero) is 2. The molecular weight excluding hydrogens is 396 g/mol. The minimum absolute atomic E-state index is 0.0735. The molecule has 1 aliphatic carbocycles. The van der Waals surface area contributed by atoms with Crippen LogP contribution in [0.4, 0.5) is 0 Å². The normalized spacial score (nSPS) is 32.1. The molecule has 5 rings (SSSR count). The van der Waals surface area contributed by atoms with Crippen molar-refractivity contribution < 1.29 is 14.3 Å². The molecule has 4 heteroatoms. The highest BCUT2D eigenvalue weighted by atomic mass is 35.5. The number of carbonyl (C=O) groups excluding carboxylic acids is 2. The summed E-state index contributed by atoms with van der Waals surface area (Å²) in [5.41, 5.74) is 5.60. The summed E-state index contributed by atoms with van der Waals surface area (Å²) in [6.07, 6.45) is 2.10. The minimum Gasteiger partial charge on any atom is -0.373 e. The Morgan fingerprint density at radius 3 is 2.17 bits per heavy atom. The molecule has 2 aromatic rings. The van der Waals surface area contributed by atoms with Crippen molar-refractivity contribution in [3.05, 3.63) is 69.2 Å². The Hall–Kier alpha value is -1.97. The Bertz CT molecular complexity index is 1000. The molecule has 3 aliphatic rings. The third-order valence-corrected chi connectivity index (χ3v) is 7.68. The number of hydrogen-bond acceptors (Lipinski definition) is 3. The van der Waals surface area contributed by atoms with E-state index in [1.165, 1.54) is 5.56 Å². The number of aryl methyl sites for hydroxylation is 3. The summed E-state index contributed by atoms with van der Waals surface area (Å²) in [5.74, 6) is -0.921. The molecule has 0 spiro atoms. The second-order valence-electron chi connectivity index (χ2n) is 9.03. The van der Waals surface area contributed by atoms with E-state index < -0.39 is 5.92 Å². The van der Waals surface area contributed by atoms with Crippen molar-refractivity contribution in [3.8, 4) is 0 Å². The summed E-state index contributed by atoms with van der Waals surface area (Å²) in [6.45, 7) is 6.29. The molecule has 3 fully saturated rings. The fourth-order valence-corrected chi connectivity index (χ4v) is 6.32. The predicted octanol–water partition coefficient (Wildman–Crippen LogP) is 5.20. The molecule has 0 aromatic heterocycles. The highest BCUT2D eigenvalue weighted by Crippen LogP contribution is 2.57. The lowest BCUT2D eigenvalue weighted by Crippen LogP contribution is -2.34. The van der Waals surface area contributed by atoms with Gasteiger partial charge < -0.3 is 4.74 Å². The monoisotopic (exact) mass is 422 g/mol. The Labute approximate surface area is 182 Å². The molecular formula is C26H27ClO3. The minimum atomic E-state index is -0.622. The molecule has 2 saturated heterocycles. The standard InChI is InChI=1S/C26H27ClO3/c1-4-14-10-13(3)11-15(5-2)20(14)22-24(28)21-19-12-18(16-6-8-17(27)9-7-16)26(30-19)23(21)25(22)29/h6-11,18-19,21-23,26H,4-5,12H2,1-3H3/t18-,19-,21-,22?,23+,26+/m0/s1. The Morgan fingerprint density at radius 1 is 0.967 bits per heavy atom. The first-order valence-corrected chi connectivity index (χ1v) is 11.4. The summed E-state index contributed by atoms with van der Waals surface area (Å²) in [5, 5.41) is 0.700. The SMILES string of the molecule is CCc1cc(C)cc(CC)c1C1C(=O)[C@@H]2[C@@H]3O[C@@H](C[C@H]3c3ccc(Cl)cc3)[C@@H]2C1=O. The van der Waals surface area contributed by atoms with Gasteiger partial charge in [0.1, 0.15) is 5.92 Å². The maximum absolute atomic E-state index is 13.7. The summed E-state index contributed by atoms with van der Waals surface area (Å²) >= 11 is 6.05. The van der Waals surface area contributed by atoms with Gasteiger partial charge in [0.2, 0.25) is 0 Å². The Morgan fingerprint density at radius 2 is 1.57 bits per heavy atom. The number of rotatable bonds is 4. The van der Waals surface area contributed by atoms with Gasteiger partial charge in [-0.15, -0.1) is 0 Å². The molecule has 0 N–H and O–H groups in total. The van der Waals surface area contributed by atoms with Crippen LogP contribution in [0.1, 0.15) is 59.9 Å². The van der Waals surface area contributed by atoms with Crippen molar-refractivity contribution in [1.82, 2.24) is 0 Å². The van der Waals surface area contributed by atoms with Crippen LogP contribution in [-0.2, 0) is 27.2 Å². The van der Waals surface area contributed by atoms with Gasteiger partial charge in [-0.25, -0.2) is 0 Å². The highest BCUT2D eigenvalue weighted by Gasteiger charge is 2.66. The van der Waals surface area contributed by atoms with Crippen LogP contribution in [0.2, 0.25) is 5.02 Å². The average Bonchev–Trinajstić information content (AvgIpc) is 3.40. The van der Waals surface area contributed by atoms with Gasteiger partial charge in [0, 0.05) is 10.9 Å². The molecule has 3 nitrogen and oxygen atoms in total. The molecule has 2 bridgehead atoms. The molecule has 2 aliphatic heterocycles. The summed E-state index contributed by atoms with van der Waals surface area (Å²) in [7, 11) is 0. The second kappa shape index (κ2) is 7.32. The number of ketones is 2. The number of halogens is 1. The van der Waals surface area contributed by atoms with Crippen molar-refractivity contribution >= 4 is 23.2 Å². The van der Waals surface area contributed by atoms with Gasteiger partial charge >= 0.3 is 0 Å². The lowest BCUT2D eigenvalue weighted by Gasteiger charge is -2.26. The Balaban J connectivity index is 1.53. The van der Waals surface area contributed by atoms with E-state index in [0.717, 1.165) is 41.5 Å². The van der Waals surface area contributed by atoms with Crippen LogP contribution in [-0.4, -0.2) is 23.8 Å². The molecule has 1 saturated carbocycles. The van der Waals surface area contributed by atoms with E-state index in [4.69, 9.17) is 16.3 Å². The van der Waals surface area contributed by atoms with Gasteiger partial charge in [0.05, 0.1) is 24.0 Å². The first kappa shape index (κ1) is 20.0. The van der Waals surface area contributed by atoms with Crippen LogP contribution in [0, 0.1) is 18.8 Å². The van der Waals surface area contributed by atoms with E-state index in [0.29, 0.717) is 5.02 Å². The molecule has 6 atom stereocenters. The van der Waals surface area contributed by atoms with Crippen LogP contribution >= 0.6 is 11.6 Å². The zero-order valence-corrected chi connectivity index (χ0v) is 18.4. The van der Waals surface area contributed by atoms with Crippen molar-refractivity contribution in [2.75, 3.05) is 0 Å². The zero-order valence-electron chi connectivity index (χ0n) is 17.7. The molecule has 30 heavy (non-hydrogen) atoms. The number of fused-ring (bicyclic) bond motifs is 5. The Kier molecular flexibility index (Phi) is 4.87. The fraction of sp³-hybridized carbons (Fsp3) is 0.462. The van der Waals surface area contributed by atoms with E-state index in [1.807, 2.05) is 24.3 Å². The number of carbonyl (C=O) groups is 2. The van der Waals surface area contributed by atoms with Crippen LogP contribution in [0.25, 0.3) is 0 Å². The van der Waals surface area contributed by atoms with Crippen LogP contribution in [0.5, 0.6) is 0 Å². The van der Waals surface area contributed by atoms with E-state index in [-0.39, 0.29) is 41.5 Å². The fourth-order valence-electron chi connectivity index (χ4n) is 6.19. The molecule has 0 amide bonds. The van der Waals surface area contributed by atoms with E-state index in [9.17, 15) is 9.59 Å². The van der Waals surface area contributed by atoms with Gasteiger partial charge in [0.15, 0.2) is 11.6 Å². The number of ether oxygens (including phenoxy) is 1. The maximum atomic E-state index is 13.7. The first-order valence-electron chi connectivity index (χ1n) is 11.0. The first-order chi connectivity index (χ1) is 14.4. The molecule has 2 heterocycles. The van der Waals surface area contributed by atoms with Crippen molar-refractivity contribution in [2.45, 2.75) is 64.1 Å². The molecule has 0 radical (unpaired) electrons. The third-order valence-electron chi connectivity index (χ3n) is 7.43. The maximum Gasteiger partial charge on any atom is 0.154 e. The summed E-state index contributed by atoms with van der Waals surface area (Å²) in [4.78, 5) is 27.3. The molecule has 1 unspecified atom stereocenters. The second-order valence-corrected chi connectivity index (χ2v) is 9.46. The van der Waals surface area contributed by atoms with Crippen LogP contribution < -0.4 is 0 Å². The number of benzene rings is 2. The smallest absolute Gasteiger partial charge is 0.154 e. The van der Waals surface area contributed by atoms with Gasteiger partial charge in [0.25, 0.3) is 0 Å². The average molecular weight is 423 g/mol. The van der Waals surface area contributed by atoms with Gasteiger partial charge in [-0.3, -0.25) is 9.59 Å². The largest absolute Gasteiger partial charge is 0.373 e. The highest BCUT2D eigenvalue weighted by molar-refractivity contribution is 6.30. The van der Waals surface area contributed by atoms with E-state index >= 15 is 0 Å². The van der Waals surface area contributed by atoms with Crippen LogP contribution in [0.15, 0.2) is 36.4 Å². The van der Waals surface area contributed by atoms with E-state index in [2.05, 4.69) is 32.9 Å². The quantitative estimate of drug-likeness (QED) is 0.636. The zero-order chi connectivity index (χ0) is 21.2. The van der Waals surface area contributed by atoms with Gasteiger partial charge in [-0.05, 0) is 60.6 Å². The van der Waals surface area contributed by atoms with Crippen LogP contribution in [0.3, 0.4) is 0 Å². The predicted molar refractivity (Wildman–Crippen MR) is 117 cm³/mol. The van der Waals surface area contributed by atoms with Gasteiger partial charge in [-0.1, -0.05) is 55.3 Å². The van der Waals surface area contributed by atoms with Crippen molar-refractivity contribution in [2.24, 2.45) is 11.8 Å². The van der Waals surface area contributed by atoms with Crippen molar-refractivity contribution in [3.63, 3.8) is 0 Å². The lowest BCUT2D eigenvalue weighted by molar-refractivity contribution is -0.127. The third kappa shape index (κ3) is 2.82. The topological polar surface area (TPSA) is 43.4 Å². The van der Waals surface area contributed by atoms with Gasteiger partial charge in [-0.2, -0.15) is 0 Å². The van der Waals surface area contributed by atoms with E-state index in [1.54, 1.807) is 0 Å². The lowest BCUT2D eigenvalue weighted by atomic mass is 9.73. The molecule has 2 aromatic carbocycles. The molecule has 156 valence electrons.